The first-order valence-corrected chi connectivity index (χ1v) is 16.0. The van der Waals surface area contributed by atoms with Gasteiger partial charge in [0.2, 0.25) is 11.8 Å². The van der Waals surface area contributed by atoms with Crippen LogP contribution in [-0.2, 0) is 32.1 Å². The number of likely N-dealkylation sites (N-methyl/N-ethyl adjacent to an activating group) is 1. The molecule has 5 rings (SSSR count). The summed E-state index contributed by atoms with van der Waals surface area (Å²) in [6.07, 6.45) is 3.31. The molecule has 246 valence electrons. The number of aromatic nitrogens is 1. The number of aliphatic hydroxyl groups excluding tert-OH is 1. The summed E-state index contributed by atoms with van der Waals surface area (Å²) in [4.78, 5) is 31.6. The minimum atomic E-state index is -0.595. The number of ether oxygens (including phenoxy) is 2. The molecule has 1 aliphatic heterocycles. The van der Waals surface area contributed by atoms with Crippen LogP contribution in [0.5, 0.6) is 0 Å². The molecule has 0 radical (unpaired) electrons. The SMILES string of the molecule is CN(CCc1ccccn1)C[C@H]1C[C@@H](c2ccc(CO)cc2)O[C@@H](c2ccc(NC(=O)CCCC(=O)Nc3ccccc3N)cc2)O1. The van der Waals surface area contributed by atoms with E-state index < -0.39 is 6.29 Å². The standard InChI is InChI=1S/C37H43N5O5/c1-42(22-20-29-7-4-5-21-39-29)24-31-23-34(27-14-12-26(25-43)13-15-27)47-37(46-31)28-16-18-30(19-17-28)40-35(44)10-6-11-36(45)41-33-9-3-2-8-32(33)38/h2-5,7-9,12-19,21,31,34,37,43H,6,10-11,20,22-25,38H2,1H3,(H,40,44)(H,41,45)/t31-,34+,37+/m1/s1. The zero-order chi connectivity index (χ0) is 33.0. The highest BCUT2D eigenvalue weighted by Gasteiger charge is 2.32. The van der Waals surface area contributed by atoms with Crippen LogP contribution in [0.1, 0.15) is 60.5 Å². The van der Waals surface area contributed by atoms with E-state index in [1.54, 1.807) is 24.3 Å². The Balaban J connectivity index is 1.16. The van der Waals surface area contributed by atoms with Gasteiger partial charge >= 0.3 is 0 Å². The number of para-hydroxylation sites is 2. The van der Waals surface area contributed by atoms with Gasteiger partial charge < -0.3 is 35.8 Å². The normalized spacial score (nSPS) is 17.7. The molecule has 10 heteroatoms. The highest BCUT2D eigenvalue weighted by Crippen LogP contribution is 2.38. The molecule has 2 amide bonds. The lowest BCUT2D eigenvalue weighted by atomic mass is 9.99. The monoisotopic (exact) mass is 637 g/mol. The van der Waals surface area contributed by atoms with Crippen LogP contribution >= 0.6 is 0 Å². The van der Waals surface area contributed by atoms with Crippen LogP contribution in [-0.4, -0.2) is 53.0 Å². The van der Waals surface area contributed by atoms with Crippen LogP contribution in [0.3, 0.4) is 0 Å². The van der Waals surface area contributed by atoms with Crippen molar-refractivity contribution in [2.75, 3.05) is 36.5 Å². The maximum Gasteiger partial charge on any atom is 0.224 e. The zero-order valence-corrected chi connectivity index (χ0v) is 26.7. The average molecular weight is 638 g/mol. The highest BCUT2D eigenvalue weighted by atomic mass is 16.7. The Labute approximate surface area is 275 Å². The van der Waals surface area contributed by atoms with Crippen LogP contribution in [0.4, 0.5) is 17.1 Å². The Morgan fingerprint density at radius 2 is 1.60 bits per heavy atom. The lowest BCUT2D eigenvalue weighted by Gasteiger charge is -2.38. The Hall–Kier alpha value is -4.61. The summed E-state index contributed by atoms with van der Waals surface area (Å²) in [6, 6.07) is 28.3. The topological polar surface area (TPSA) is 139 Å². The molecule has 0 saturated carbocycles. The summed E-state index contributed by atoms with van der Waals surface area (Å²) in [5.74, 6) is -0.358. The van der Waals surface area contributed by atoms with Crippen molar-refractivity contribution in [2.24, 2.45) is 0 Å². The Bertz CT molecular complexity index is 1580. The molecule has 4 aromatic rings. The number of hydrogen-bond donors (Lipinski definition) is 4. The number of rotatable bonds is 14. The summed E-state index contributed by atoms with van der Waals surface area (Å²) in [7, 11) is 2.09. The number of nitrogens with zero attached hydrogens (tertiary/aromatic N) is 2. The molecule has 0 unspecified atom stereocenters. The predicted octanol–water partition coefficient (Wildman–Crippen LogP) is 5.62. The van der Waals surface area contributed by atoms with Crippen molar-refractivity contribution in [1.29, 1.82) is 0 Å². The fraction of sp³-hybridized carbons (Fsp3) is 0.324. The van der Waals surface area contributed by atoms with E-state index in [9.17, 15) is 14.7 Å². The van der Waals surface area contributed by atoms with Gasteiger partial charge in [0.1, 0.15) is 0 Å². The Morgan fingerprint density at radius 1 is 0.894 bits per heavy atom. The van der Waals surface area contributed by atoms with Gasteiger partial charge in [0.05, 0.1) is 30.2 Å². The van der Waals surface area contributed by atoms with Crippen molar-refractivity contribution in [3.8, 4) is 0 Å². The van der Waals surface area contributed by atoms with Gasteiger partial charge in [0.25, 0.3) is 0 Å². The van der Waals surface area contributed by atoms with Gasteiger partial charge in [-0.1, -0.05) is 54.6 Å². The van der Waals surface area contributed by atoms with Crippen LogP contribution < -0.4 is 16.4 Å². The van der Waals surface area contributed by atoms with Gasteiger partial charge in [0, 0.05) is 61.9 Å². The van der Waals surface area contributed by atoms with E-state index >= 15 is 0 Å². The fourth-order valence-electron chi connectivity index (χ4n) is 5.50. The van der Waals surface area contributed by atoms with Crippen LogP contribution in [0.2, 0.25) is 0 Å². The summed E-state index contributed by atoms with van der Waals surface area (Å²) in [6.45, 7) is 1.56. The van der Waals surface area contributed by atoms with Crippen LogP contribution in [0, 0.1) is 0 Å². The third kappa shape index (κ3) is 10.2. The van der Waals surface area contributed by atoms with Crippen molar-refractivity contribution >= 4 is 28.9 Å². The average Bonchev–Trinajstić information content (AvgIpc) is 3.09. The van der Waals surface area contributed by atoms with E-state index in [4.69, 9.17) is 15.2 Å². The minimum absolute atomic E-state index is 0.0107. The maximum atomic E-state index is 12.6. The van der Waals surface area contributed by atoms with E-state index in [-0.39, 0.29) is 43.5 Å². The molecular weight excluding hydrogens is 594 g/mol. The number of amides is 2. The second-order valence-electron chi connectivity index (χ2n) is 11.8. The van der Waals surface area contributed by atoms with Crippen LogP contribution in [0.15, 0.2) is 97.2 Å². The highest BCUT2D eigenvalue weighted by molar-refractivity contribution is 5.94. The number of benzene rings is 3. The van der Waals surface area contributed by atoms with Gasteiger partial charge in [-0.2, -0.15) is 0 Å². The van der Waals surface area contributed by atoms with Gasteiger partial charge in [0.15, 0.2) is 6.29 Å². The van der Waals surface area contributed by atoms with Crippen LogP contribution in [0.25, 0.3) is 0 Å². The lowest BCUT2D eigenvalue weighted by molar-refractivity contribution is -0.252. The van der Waals surface area contributed by atoms with Crippen molar-refractivity contribution in [3.63, 3.8) is 0 Å². The molecule has 0 aliphatic carbocycles. The first-order valence-electron chi connectivity index (χ1n) is 16.0. The largest absolute Gasteiger partial charge is 0.397 e. The third-order valence-electron chi connectivity index (χ3n) is 8.12. The van der Waals surface area contributed by atoms with Crippen molar-refractivity contribution in [2.45, 2.75) is 57.2 Å². The number of nitrogens with one attached hydrogen (secondary N) is 2. The quantitative estimate of drug-likeness (QED) is 0.131. The Morgan fingerprint density at radius 3 is 2.30 bits per heavy atom. The number of hydrogen-bond acceptors (Lipinski definition) is 8. The van der Waals surface area contributed by atoms with Crippen molar-refractivity contribution in [1.82, 2.24) is 9.88 Å². The van der Waals surface area contributed by atoms with Gasteiger partial charge in [-0.3, -0.25) is 14.6 Å². The smallest absolute Gasteiger partial charge is 0.224 e. The molecular formula is C37H43N5O5. The predicted molar refractivity (Wildman–Crippen MR) is 182 cm³/mol. The van der Waals surface area contributed by atoms with Gasteiger partial charge in [-0.05, 0) is 61.0 Å². The zero-order valence-electron chi connectivity index (χ0n) is 26.7. The van der Waals surface area contributed by atoms with Crippen molar-refractivity contribution < 1.29 is 24.2 Å². The molecule has 1 saturated heterocycles. The number of nitrogens with two attached hydrogens (primary N) is 1. The molecule has 1 aromatic heterocycles. The van der Waals surface area contributed by atoms with Gasteiger partial charge in [-0.15, -0.1) is 0 Å². The third-order valence-corrected chi connectivity index (χ3v) is 8.12. The fourth-order valence-corrected chi connectivity index (χ4v) is 5.50. The second kappa shape index (κ2) is 16.8. The molecule has 1 aliphatic rings. The molecule has 0 bridgehead atoms. The first-order chi connectivity index (χ1) is 22.9. The molecule has 47 heavy (non-hydrogen) atoms. The number of carbonyl (C=O) groups is 2. The lowest BCUT2D eigenvalue weighted by Crippen LogP contribution is -2.38. The molecule has 2 heterocycles. The number of carbonyl (C=O) groups excluding carboxylic acids is 2. The number of aliphatic hydroxyl groups is 1. The second-order valence-corrected chi connectivity index (χ2v) is 11.8. The van der Waals surface area contributed by atoms with E-state index in [1.165, 1.54) is 0 Å². The summed E-state index contributed by atoms with van der Waals surface area (Å²) >= 11 is 0. The van der Waals surface area contributed by atoms with E-state index in [0.717, 1.165) is 41.9 Å². The number of nitrogen functional groups attached to an aromatic ring is 1. The van der Waals surface area contributed by atoms with E-state index in [2.05, 4.69) is 27.6 Å². The summed E-state index contributed by atoms with van der Waals surface area (Å²) < 4.78 is 13.0. The molecule has 5 N–H and O–H groups in total. The minimum Gasteiger partial charge on any atom is -0.397 e. The number of pyridine rings is 1. The summed E-state index contributed by atoms with van der Waals surface area (Å²) in [5, 5.41) is 15.2. The first kappa shape index (κ1) is 33.7. The van der Waals surface area contributed by atoms with Crippen molar-refractivity contribution in [3.05, 3.63) is 120 Å². The number of anilines is 3. The summed E-state index contributed by atoms with van der Waals surface area (Å²) in [5.41, 5.74) is 11.4. The van der Waals surface area contributed by atoms with E-state index in [1.807, 2.05) is 72.9 Å². The molecule has 10 nitrogen and oxygen atoms in total. The molecule has 0 spiro atoms. The maximum absolute atomic E-state index is 12.6. The molecule has 3 atom stereocenters. The van der Waals surface area contributed by atoms with Gasteiger partial charge in [-0.25, -0.2) is 0 Å². The molecule has 1 fully saturated rings. The van der Waals surface area contributed by atoms with E-state index in [0.29, 0.717) is 29.9 Å². The Kier molecular flexibility index (Phi) is 12.1. The molecule has 3 aromatic carbocycles.